The van der Waals surface area contributed by atoms with Crippen molar-refractivity contribution in [3.05, 3.63) is 28.6 Å². The Bertz CT molecular complexity index is 880. The normalized spacial score (nSPS) is 16.5. The summed E-state index contributed by atoms with van der Waals surface area (Å²) >= 11 is 1.43. The first kappa shape index (κ1) is 20.3. The molecule has 0 spiro atoms. The van der Waals surface area contributed by atoms with E-state index in [1.54, 1.807) is 19.1 Å². The average Bonchev–Trinajstić information content (AvgIpc) is 3.22. The minimum atomic E-state index is -0.361. The molecule has 8 heteroatoms. The third-order valence-corrected chi connectivity index (χ3v) is 5.73. The number of nitrogens with zero attached hydrogens (tertiary/aromatic N) is 2. The molecule has 1 unspecified atom stereocenters. The summed E-state index contributed by atoms with van der Waals surface area (Å²) in [5.41, 5.74) is 2.85. The van der Waals surface area contributed by atoms with Crippen LogP contribution in [0.4, 0.5) is 5.13 Å². The summed E-state index contributed by atoms with van der Waals surface area (Å²) in [6.45, 7) is 5.36. The van der Waals surface area contributed by atoms with Gasteiger partial charge in [-0.25, -0.2) is 4.98 Å². The summed E-state index contributed by atoms with van der Waals surface area (Å²) in [7, 11) is 3.24. The molecule has 150 valence electrons. The van der Waals surface area contributed by atoms with Crippen LogP contribution >= 0.6 is 11.3 Å². The van der Waals surface area contributed by atoms with Gasteiger partial charge in [-0.1, -0.05) is 0 Å². The van der Waals surface area contributed by atoms with Gasteiger partial charge in [-0.3, -0.25) is 9.59 Å². The fourth-order valence-electron chi connectivity index (χ4n) is 3.32. The maximum Gasteiger partial charge on any atom is 0.231 e. The molecule has 0 aliphatic carbocycles. The van der Waals surface area contributed by atoms with E-state index < -0.39 is 0 Å². The lowest BCUT2D eigenvalue weighted by Gasteiger charge is -2.15. The van der Waals surface area contributed by atoms with Gasteiger partial charge in [0.25, 0.3) is 0 Å². The number of hydrogen-bond acceptors (Lipinski definition) is 6. The second kappa shape index (κ2) is 8.70. The van der Waals surface area contributed by atoms with Gasteiger partial charge in [0, 0.05) is 37.1 Å². The van der Waals surface area contributed by atoms with Crippen LogP contribution in [0.25, 0.3) is 11.3 Å². The molecule has 2 aromatic rings. The van der Waals surface area contributed by atoms with Crippen molar-refractivity contribution in [2.45, 2.75) is 20.3 Å². The van der Waals surface area contributed by atoms with Crippen molar-refractivity contribution < 1.29 is 19.1 Å². The Morgan fingerprint density at radius 1 is 1.36 bits per heavy atom. The highest BCUT2D eigenvalue weighted by Crippen LogP contribution is 2.33. The number of benzene rings is 1. The number of likely N-dealkylation sites (tertiary alicyclic amines) is 1. The van der Waals surface area contributed by atoms with E-state index in [0.717, 1.165) is 27.4 Å². The maximum atomic E-state index is 12.6. The number of nitrogens with one attached hydrogen (secondary N) is 1. The molecule has 1 aromatic carbocycles. The van der Waals surface area contributed by atoms with Crippen molar-refractivity contribution in [3.63, 3.8) is 0 Å². The van der Waals surface area contributed by atoms with E-state index in [4.69, 9.17) is 9.47 Å². The highest BCUT2D eigenvalue weighted by atomic mass is 32.1. The van der Waals surface area contributed by atoms with Crippen molar-refractivity contribution in [2.24, 2.45) is 5.92 Å². The average molecular weight is 404 g/mol. The van der Waals surface area contributed by atoms with E-state index in [0.29, 0.717) is 24.8 Å². The number of amides is 2. The number of thiazole rings is 1. The van der Waals surface area contributed by atoms with Crippen LogP contribution in [0, 0.1) is 19.8 Å². The van der Waals surface area contributed by atoms with Crippen LogP contribution in [-0.2, 0) is 14.3 Å². The van der Waals surface area contributed by atoms with E-state index in [9.17, 15) is 9.59 Å². The highest BCUT2D eigenvalue weighted by Gasteiger charge is 2.34. The van der Waals surface area contributed by atoms with Gasteiger partial charge >= 0.3 is 0 Å². The lowest BCUT2D eigenvalue weighted by molar-refractivity contribution is -0.128. The summed E-state index contributed by atoms with van der Waals surface area (Å²) in [5, 5.41) is 3.43. The fraction of sp³-hybridized carbons (Fsp3) is 0.450. The fourth-order valence-corrected chi connectivity index (χ4v) is 4.16. The van der Waals surface area contributed by atoms with Gasteiger partial charge in [0.2, 0.25) is 11.8 Å². The van der Waals surface area contributed by atoms with Crippen LogP contribution in [0.2, 0.25) is 0 Å². The predicted octanol–water partition coefficient (Wildman–Crippen LogP) is 2.87. The molecule has 0 bridgehead atoms. The molecular weight excluding hydrogens is 378 g/mol. The molecule has 1 N–H and O–H groups in total. The summed E-state index contributed by atoms with van der Waals surface area (Å²) in [6.07, 6.45) is 0.227. The number of aromatic nitrogens is 1. The maximum absolute atomic E-state index is 12.6. The lowest BCUT2D eigenvalue weighted by atomic mass is 10.1. The Balaban J connectivity index is 1.69. The van der Waals surface area contributed by atoms with Gasteiger partial charge < -0.3 is 19.7 Å². The van der Waals surface area contributed by atoms with Gasteiger partial charge in [-0.2, -0.15) is 0 Å². The number of anilines is 1. The summed E-state index contributed by atoms with van der Waals surface area (Å²) in [4.78, 5) is 31.9. The standard InChI is InChI=1S/C20H25N3O4S/c1-12-9-14(5-6-16(12)27-4)18-13(2)28-20(21-18)22-19(25)15-10-17(24)23(11-15)7-8-26-3/h5-6,9,15H,7-8,10-11H2,1-4H3,(H,21,22,25). The largest absolute Gasteiger partial charge is 0.496 e. The number of methoxy groups -OCH3 is 2. The third-order valence-electron chi connectivity index (χ3n) is 4.85. The third kappa shape index (κ3) is 4.34. The van der Waals surface area contributed by atoms with E-state index in [-0.39, 0.29) is 24.2 Å². The molecule has 2 heterocycles. The molecule has 3 rings (SSSR count). The quantitative estimate of drug-likeness (QED) is 0.769. The molecular formula is C20H25N3O4S. The van der Waals surface area contributed by atoms with E-state index in [1.165, 1.54) is 11.3 Å². The zero-order valence-electron chi connectivity index (χ0n) is 16.6. The Hall–Kier alpha value is -2.45. The predicted molar refractivity (Wildman–Crippen MR) is 109 cm³/mol. The molecule has 1 aromatic heterocycles. The molecule has 1 saturated heterocycles. The Morgan fingerprint density at radius 3 is 2.82 bits per heavy atom. The topological polar surface area (TPSA) is 80.8 Å². The molecule has 28 heavy (non-hydrogen) atoms. The first-order valence-corrected chi connectivity index (χ1v) is 9.94. The van der Waals surface area contributed by atoms with Gasteiger partial charge in [-0.05, 0) is 37.6 Å². The van der Waals surface area contributed by atoms with E-state index >= 15 is 0 Å². The minimum absolute atomic E-state index is 0.0121. The number of aryl methyl sites for hydroxylation is 2. The first-order valence-electron chi connectivity index (χ1n) is 9.13. The van der Waals surface area contributed by atoms with Gasteiger partial charge in [0.1, 0.15) is 5.75 Å². The number of carbonyl (C=O) groups is 2. The molecule has 7 nitrogen and oxygen atoms in total. The molecule has 0 radical (unpaired) electrons. The van der Waals surface area contributed by atoms with Crippen LogP contribution in [-0.4, -0.2) is 55.6 Å². The van der Waals surface area contributed by atoms with Crippen molar-refractivity contribution in [3.8, 4) is 17.0 Å². The van der Waals surface area contributed by atoms with E-state index in [2.05, 4.69) is 10.3 Å². The Morgan fingerprint density at radius 2 is 2.14 bits per heavy atom. The van der Waals surface area contributed by atoms with Gasteiger partial charge in [0.15, 0.2) is 5.13 Å². The molecule has 1 fully saturated rings. The molecule has 1 aliphatic heterocycles. The SMILES string of the molecule is COCCN1CC(C(=O)Nc2nc(-c3ccc(OC)c(C)c3)c(C)s2)CC1=O. The molecule has 1 atom stereocenters. The van der Waals surface area contributed by atoms with Crippen LogP contribution < -0.4 is 10.1 Å². The van der Waals surface area contributed by atoms with Crippen LogP contribution in [0.5, 0.6) is 5.75 Å². The molecule has 2 amide bonds. The van der Waals surface area contributed by atoms with Crippen molar-refractivity contribution in [2.75, 3.05) is 39.2 Å². The number of carbonyl (C=O) groups excluding carboxylic acids is 2. The molecule has 0 saturated carbocycles. The first-order chi connectivity index (χ1) is 13.4. The minimum Gasteiger partial charge on any atom is -0.496 e. The lowest BCUT2D eigenvalue weighted by Crippen LogP contribution is -2.30. The van der Waals surface area contributed by atoms with Gasteiger partial charge in [-0.15, -0.1) is 11.3 Å². The van der Waals surface area contributed by atoms with Crippen LogP contribution in [0.1, 0.15) is 16.9 Å². The summed E-state index contributed by atoms with van der Waals surface area (Å²) in [5.74, 6) is 0.288. The number of rotatable bonds is 7. The number of hydrogen-bond donors (Lipinski definition) is 1. The Kier molecular flexibility index (Phi) is 6.31. The zero-order valence-corrected chi connectivity index (χ0v) is 17.4. The van der Waals surface area contributed by atoms with Crippen molar-refractivity contribution >= 4 is 28.3 Å². The molecule has 1 aliphatic rings. The van der Waals surface area contributed by atoms with Crippen molar-refractivity contribution in [1.29, 1.82) is 0 Å². The van der Waals surface area contributed by atoms with Crippen LogP contribution in [0.15, 0.2) is 18.2 Å². The highest BCUT2D eigenvalue weighted by molar-refractivity contribution is 7.16. The number of ether oxygens (including phenoxy) is 2. The summed E-state index contributed by atoms with van der Waals surface area (Å²) < 4.78 is 10.3. The summed E-state index contributed by atoms with van der Waals surface area (Å²) in [6, 6.07) is 5.90. The smallest absolute Gasteiger partial charge is 0.231 e. The monoisotopic (exact) mass is 403 g/mol. The second-order valence-corrected chi connectivity index (χ2v) is 8.03. The Labute approximate surface area is 168 Å². The zero-order chi connectivity index (χ0) is 20.3. The second-order valence-electron chi connectivity index (χ2n) is 6.83. The van der Waals surface area contributed by atoms with E-state index in [1.807, 2.05) is 32.0 Å². The van der Waals surface area contributed by atoms with Crippen molar-refractivity contribution in [1.82, 2.24) is 9.88 Å². The van der Waals surface area contributed by atoms with Gasteiger partial charge in [0.05, 0.1) is 25.3 Å². The van der Waals surface area contributed by atoms with Crippen LogP contribution in [0.3, 0.4) is 0 Å².